The topological polar surface area (TPSA) is 55.4 Å². The summed E-state index contributed by atoms with van der Waals surface area (Å²) in [5.41, 5.74) is 2.08. The molecule has 0 radical (unpaired) electrons. The van der Waals surface area contributed by atoms with Gasteiger partial charge in [0.15, 0.2) is 0 Å². The van der Waals surface area contributed by atoms with E-state index in [1.54, 1.807) is 38.1 Å². The Morgan fingerprint density at radius 2 is 1.96 bits per heavy atom. The van der Waals surface area contributed by atoms with Gasteiger partial charge in [-0.2, -0.15) is 0 Å². The molecule has 0 aliphatic heterocycles. The van der Waals surface area contributed by atoms with Crippen LogP contribution in [0.1, 0.15) is 47.1 Å². The monoisotopic (exact) mass is 425 g/mol. The zero-order valence-corrected chi connectivity index (χ0v) is 17.9. The first-order chi connectivity index (χ1) is 12.7. The fraction of sp³-hybridized carbons (Fsp3) is 0.300. The first-order valence-corrected chi connectivity index (χ1v) is 10.1. The number of aryl methyl sites for hydroxylation is 1. The normalized spacial score (nSPS) is 11.2. The van der Waals surface area contributed by atoms with Crippen molar-refractivity contribution in [2.24, 2.45) is 0 Å². The van der Waals surface area contributed by atoms with E-state index in [-0.39, 0.29) is 12.0 Å². The molecule has 0 unspecified atom stereocenters. The molecule has 1 aromatic heterocycles. The van der Waals surface area contributed by atoms with E-state index in [4.69, 9.17) is 27.9 Å². The second-order valence-corrected chi connectivity index (χ2v) is 8.18. The highest BCUT2D eigenvalue weighted by molar-refractivity contribution is 7.16. The van der Waals surface area contributed by atoms with Gasteiger partial charge < -0.3 is 10.1 Å². The average molecular weight is 426 g/mol. The van der Waals surface area contributed by atoms with E-state index in [2.05, 4.69) is 5.32 Å². The quantitative estimate of drug-likeness (QED) is 0.446. The molecule has 0 fully saturated rings. The number of rotatable bonds is 6. The minimum atomic E-state index is -0.421. The zero-order valence-electron chi connectivity index (χ0n) is 15.6. The van der Waals surface area contributed by atoms with Crippen molar-refractivity contribution in [2.75, 3.05) is 5.32 Å². The van der Waals surface area contributed by atoms with Gasteiger partial charge in [-0.3, -0.25) is 4.79 Å². The number of thiophene rings is 1. The van der Waals surface area contributed by atoms with E-state index in [0.717, 1.165) is 16.0 Å². The lowest BCUT2D eigenvalue weighted by molar-refractivity contribution is -0.111. The Kier molecular flexibility index (Phi) is 7.48. The molecule has 0 saturated heterocycles. The highest BCUT2D eigenvalue weighted by atomic mass is 35.5. The van der Waals surface area contributed by atoms with Gasteiger partial charge in [0.25, 0.3) is 0 Å². The molecule has 0 aliphatic carbocycles. The molecule has 0 bridgehead atoms. The molecule has 144 valence electrons. The number of carbonyl (C=O) groups excluding carboxylic acids is 2. The van der Waals surface area contributed by atoms with Crippen molar-refractivity contribution < 1.29 is 14.3 Å². The highest BCUT2D eigenvalue weighted by Gasteiger charge is 2.23. The van der Waals surface area contributed by atoms with E-state index < -0.39 is 5.97 Å². The number of carbonyl (C=O) groups is 2. The van der Waals surface area contributed by atoms with E-state index in [1.807, 2.05) is 13.8 Å². The van der Waals surface area contributed by atoms with Crippen molar-refractivity contribution in [3.63, 3.8) is 0 Å². The molecular formula is C20H21Cl2NO3S. The van der Waals surface area contributed by atoms with Crippen LogP contribution in [0.2, 0.25) is 10.0 Å². The molecule has 1 amide bonds. The van der Waals surface area contributed by atoms with Gasteiger partial charge in [0, 0.05) is 11.0 Å². The molecular weight excluding hydrogens is 405 g/mol. The van der Waals surface area contributed by atoms with Crippen molar-refractivity contribution in [1.29, 1.82) is 0 Å². The summed E-state index contributed by atoms with van der Waals surface area (Å²) in [6.45, 7) is 7.48. The summed E-state index contributed by atoms with van der Waals surface area (Å²) < 4.78 is 5.34. The van der Waals surface area contributed by atoms with Gasteiger partial charge in [-0.25, -0.2) is 4.79 Å². The number of amides is 1. The molecule has 0 atom stereocenters. The Hall–Kier alpha value is -1.82. The SMILES string of the molecule is CCc1c(C)sc(NC(=O)C=Cc2ccc(Cl)c(Cl)c2)c1C(=O)OC(C)C. The predicted octanol–water partition coefficient (Wildman–Crippen LogP) is 6.14. The van der Waals surface area contributed by atoms with Gasteiger partial charge in [0.2, 0.25) is 5.91 Å². The molecule has 0 aliphatic rings. The summed E-state index contributed by atoms with van der Waals surface area (Å²) >= 11 is 13.2. The van der Waals surface area contributed by atoms with Crippen molar-refractivity contribution in [2.45, 2.75) is 40.2 Å². The van der Waals surface area contributed by atoms with Crippen LogP contribution in [0.3, 0.4) is 0 Å². The lowest BCUT2D eigenvalue weighted by atomic mass is 10.1. The molecule has 27 heavy (non-hydrogen) atoms. The van der Waals surface area contributed by atoms with Gasteiger partial charge in [0.1, 0.15) is 5.00 Å². The minimum absolute atomic E-state index is 0.236. The van der Waals surface area contributed by atoms with E-state index in [9.17, 15) is 9.59 Å². The zero-order chi connectivity index (χ0) is 20.1. The predicted molar refractivity (Wildman–Crippen MR) is 113 cm³/mol. The molecule has 7 heteroatoms. The highest BCUT2D eigenvalue weighted by Crippen LogP contribution is 2.34. The molecule has 2 aromatic rings. The van der Waals surface area contributed by atoms with Gasteiger partial charge in [-0.1, -0.05) is 36.2 Å². The summed E-state index contributed by atoms with van der Waals surface area (Å²) in [4.78, 5) is 25.8. The van der Waals surface area contributed by atoms with Gasteiger partial charge in [-0.15, -0.1) is 11.3 Å². The van der Waals surface area contributed by atoms with Gasteiger partial charge >= 0.3 is 5.97 Å². The fourth-order valence-corrected chi connectivity index (χ4v) is 3.97. The Morgan fingerprint density at radius 3 is 2.56 bits per heavy atom. The van der Waals surface area contributed by atoms with Crippen molar-refractivity contribution in [1.82, 2.24) is 0 Å². The average Bonchev–Trinajstić information content (AvgIpc) is 2.90. The summed E-state index contributed by atoms with van der Waals surface area (Å²) in [6.07, 6.45) is 3.46. The molecule has 0 spiro atoms. The number of ether oxygens (including phenoxy) is 1. The Balaban J connectivity index is 2.22. The first kappa shape index (κ1) is 21.5. The summed E-state index contributed by atoms with van der Waals surface area (Å²) in [5, 5.41) is 4.16. The second-order valence-electron chi connectivity index (χ2n) is 6.14. The van der Waals surface area contributed by atoms with E-state index >= 15 is 0 Å². The van der Waals surface area contributed by atoms with Crippen LogP contribution < -0.4 is 5.32 Å². The molecule has 1 N–H and O–H groups in total. The fourth-order valence-electron chi connectivity index (χ4n) is 2.52. The van der Waals surface area contributed by atoms with Crippen LogP contribution in [-0.2, 0) is 16.0 Å². The van der Waals surface area contributed by atoms with Gasteiger partial charge in [0.05, 0.1) is 21.7 Å². The Labute approximate surface area is 173 Å². The lowest BCUT2D eigenvalue weighted by Crippen LogP contribution is -2.16. The molecule has 0 saturated carbocycles. The number of nitrogens with one attached hydrogen (secondary N) is 1. The minimum Gasteiger partial charge on any atom is -0.459 e. The van der Waals surface area contributed by atoms with Crippen molar-refractivity contribution >= 4 is 57.5 Å². The third-order valence-corrected chi connectivity index (χ3v) is 5.52. The Morgan fingerprint density at radius 1 is 1.26 bits per heavy atom. The summed E-state index contributed by atoms with van der Waals surface area (Å²) in [7, 11) is 0. The largest absolute Gasteiger partial charge is 0.459 e. The third kappa shape index (κ3) is 5.58. The number of esters is 1. The van der Waals surface area contributed by atoms with Crippen LogP contribution in [0.5, 0.6) is 0 Å². The van der Waals surface area contributed by atoms with E-state index in [1.165, 1.54) is 17.4 Å². The van der Waals surface area contributed by atoms with Crippen LogP contribution in [0.25, 0.3) is 6.08 Å². The maximum absolute atomic E-state index is 12.5. The number of anilines is 1. The first-order valence-electron chi connectivity index (χ1n) is 8.50. The second kappa shape index (κ2) is 9.40. The number of halogens is 2. The van der Waals surface area contributed by atoms with Crippen molar-refractivity contribution in [3.8, 4) is 0 Å². The van der Waals surface area contributed by atoms with Crippen LogP contribution >= 0.6 is 34.5 Å². The van der Waals surface area contributed by atoms with Gasteiger partial charge in [-0.05, 0) is 56.5 Å². The molecule has 1 heterocycles. The summed E-state index contributed by atoms with van der Waals surface area (Å²) in [5.74, 6) is -0.765. The molecule has 4 nitrogen and oxygen atoms in total. The smallest absolute Gasteiger partial charge is 0.341 e. The molecule has 2 rings (SSSR count). The number of hydrogen-bond acceptors (Lipinski definition) is 4. The van der Waals surface area contributed by atoms with Crippen LogP contribution in [0, 0.1) is 6.92 Å². The number of benzene rings is 1. The van der Waals surface area contributed by atoms with Crippen LogP contribution in [0.15, 0.2) is 24.3 Å². The Bertz CT molecular complexity index is 888. The maximum Gasteiger partial charge on any atom is 0.341 e. The standard InChI is InChI=1S/C20H21Cl2NO3S/c1-5-14-12(4)27-19(18(14)20(25)26-11(2)3)23-17(24)9-7-13-6-8-15(21)16(22)10-13/h6-11H,5H2,1-4H3,(H,23,24). The lowest BCUT2D eigenvalue weighted by Gasteiger charge is -2.10. The van der Waals surface area contributed by atoms with E-state index in [0.29, 0.717) is 27.0 Å². The van der Waals surface area contributed by atoms with Crippen molar-refractivity contribution in [3.05, 3.63) is 55.9 Å². The third-order valence-electron chi connectivity index (χ3n) is 3.72. The van der Waals surface area contributed by atoms with Crippen LogP contribution in [-0.4, -0.2) is 18.0 Å². The molecule has 1 aromatic carbocycles. The number of hydrogen-bond donors (Lipinski definition) is 1. The maximum atomic E-state index is 12.5. The summed E-state index contributed by atoms with van der Waals surface area (Å²) in [6, 6.07) is 5.09. The van der Waals surface area contributed by atoms with Crippen LogP contribution in [0.4, 0.5) is 5.00 Å².